The molecule has 2 atom stereocenters. The van der Waals surface area contributed by atoms with Crippen LogP contribution in [-0.2, 0) is 0 Å². The number of anilines is 1. The van der Waals surface area contributed by atoms with Gasteiger partial charge in [-0.15, -0.1) is 0 Å². The second kappa shape index (κ2) is 5.13. The molecule has 2 nitrogen and oxygen atoms in total. The monoisotopic (exact) mass is 289 g/mol. The van der Waals surface area contributed by atoms with E-state index in [-0.39, 0.29) is 0 Å². The number of aromatic amines is 1. The Morgan fingerprint density at radius 3 is 1.91 bits per heavy atom. The van der Waals surface area contributed by atoms with Crippen molar-refractivity contribution in [3.8, 4) is 0 Å². The lowest BCUT2D eigenvalue weighted by Crippen LogP contribution is -2.08. The quantitative estimate of drug-likeness (QED) is 0.788. The lowest BCUT2D eigenvalue weighted by atomic mass is 9.87. The number of rotatable bonds is 3. The van der Waals surface area contributed by atoms with Crippen LogP contribution in [0.1, 0.15) is 17.5 Å². The molecule has 2 heteroatoms. The highest BCUT2D eigenvalue weighted by Crippen LogP contribution is 2.52. The molecular formula is C20H21N2+. The van der Waals surface area contributed by atoms with Gasteiger partial charge in [-0.1, -0.05) is 24.3 Å². The van der Waals surface area contributed by atoms with Crippen molar-refractivity contribution in [3.63, 3.8) is 0 Å². The third-order valence-electron chi connectivity index (χ3n) is 4.84. The highest BCUT2D eigenvalue weighted by molar-refractivity contribution is 5.97. The SMILES string of the molecule is CN(C)c1ccc(C2=C(c3cc[nH+]cc3)C3C=CC2C3)cc1. The molecule has 2 aromatic rings. The minimum atomic E-state index is 0.578. The molecule has 4 rings (SSSR count). The van der Waals surface area contributed by atoms with E-state index in [9.17, 15) is 0 Å². The van der Waals surface area contributed by atoms with Crippen molar-refractivity contribution >= 4 is 16.8 Å². The summed E-state index contributed by atoms with van der Waals surface area (Å²) >= 11 is 0. The number of allylic oxidation sites excluding steroid dienone is 4. The van der Waals surface area contributed by atoms with E-state index in [0.717, 1.165) is 0 Å². The molecule has 2 unspecified atom stereocenters. The Balaban J connectivity index is 1.82. The molecule has 0 spiro atoms. The zero-order valence-corrected chi connectivity index (χ0v) is 13.1. The predicted octanol–water partition coefficient (Wildman–Crippen LogP) is 3.68. The maximum absolute atomic E-state index is 3.13. The maximum Gasteiger partial charge on any atom is 0.167 e. The van der Waals surface area contributed by atoms with E-state index in [0.29, 0.717) is 11.8 Å². The van der Waals surface area contributed by atoms with Crippen LogP contribution >= 0.6 is 0 Å². The molecule has 0 saturated heterocycles. The smallest absolute Gasteiger partial charge is 0.167 e. The normalized spacial score (nSPS) is 22.5. The summed E-state index contributed by atoms with van der Waals surface area (Å²) in [6.45, 7) is 0. The van der Waals surface area contributed by atoms with Gasteiger partial charge in [-0.25, -0.2) is 4.98 Å². The molecule has 0 saturated carbocycles. The van der Waals surface area contributed by atoms with Crippen LogP contribution in [0.25, 0.3) is 11.1 Å². The number of pyridine rings is 1. The highest BCUT2D eigenvalue weighted by Gasteiger charge is 2.36. The van der Waals surface area contributed by atoms with Crippen LogP contribution in [0.3, 0.4) is 0 Å². The summed E-state index contributed by atoms with van der Waals surface area (Å²) in [5.41, 5.74) is 6.99. The predicted molar refractivity (Wildman–Crippen MR) is 91.3 cm³/mol. The zero-order valence-electron chi connectivity index (χ0n) is 13.1. The van der Waals surface area contributed by atoms with Gasteiger partial charge in [-0.3, -0.25) is 0 Å². The number of aromatic nitrogens is 1. The summed E-state index contributed by atoms with van der Waals surface area (Å²) in [5, 5.41) is 0. The molecule has 2 bridgehead atoms. The van der Waals surface area contributed by atoms with Crippen LogP contribution in [0.2, 0.25) is 0 Å². The Morgan fingerprint density at radius 1 is 0.818 bits per heavy atom. The summed E-state index contributed by atoms with van der Waals surface area (Å²) in [5.74, 6) is 1.16. The molecule has 1 N–H and O–H groups in total. The molecule has 2 aliphatic rings. The molecule has 0 fully saturated rings. The van der Waals surface area contributed by atoms with E-state index in [2.05, 4.69) is 72.5 Å². The summed E-state index contributed by atoms with van der Waals surface area (Å²) in [4.78, 5) is 5.27. The summed E-state index contributed by atoms with van der Waals surface area (Å²) in [6, 6.07) is 13.4. The molecule has 1 heterocycles. The van der Waals surface area contributed by atoms with Crippen LogP contribution in [0.5, 0.6) is 0 Å². The Morgan fingerprint density at radius 2 is 1.36 bits per heavy atom. The zero-order chi connectivity index (χ0) is 15.1. The number of nitrogens with zero attached hydrogens (tertiary/aromatic N) is 1. The van der Waals surface area contributed by atoms with Crippen LogP contribution < -0.4 is 9.88 Å². The minimum Gasteiger partial charge on any atom is -0.378 e. The molecule has 2 aliphatic carbocycles. The number of hydrogen-bond acceptors (Lipinski definition) is 1. The van der Waals surface area contributed by atoms with Gasteiger partial charge in [0.25, 0.3) is 0 Å². The first-order valence-electron chi connectivity index (χ1n) is 7.90. The van der Waals surface area contributed by atoms with E-state index < -0.39 is 0 Å². The number of nitrogens with one attached hydrogen (secondary N) is 1. The van der Waals surface area contributed by atoms with Crippen molar-refractivity contribution in [1.82, 2.24) is 0 Å². The summed E-state index contributed by atoms with van der Waals surface area (Å²) in [7, 11) is 4.17. The van der Waals surface area contributed by atoms with Gasteiger partial charge in [0.2, 0.25) is 0 Å². The fourth-order valence-corrected chi connectivity index (χ4v) is 3.77. The molecule has 0 amide bonds. The topological polar surface area (TPSA) is 17.4 Å². The van der Waals surface area contributed by atoms with E-state index in [1.54, 1.807) is 0 Å². The average Bonchev–Trinajstić information content (AvgIpc) is 3.17. The third-order valence-corrected chi connectivity index (χ3v) is 4.84. The van der Waals surface area contributed by atoms with Crippen molar-refractivity contribution in [2.24, 2.45) is 11.8 Å². The molecule has 110 valence electrons. The lowest BCUT2D eigenvalue weighted by molar-refractivity contribution is -0.378. The van der Waals surface area contributed by atoms with Crippen LogP contribution in [0.15, 0.2) is 60.9 Å². The van der Waals surface area contributed by atoms with Gasteiger partial charge >= 0.3 is 0 Å². The highest BCUT2D eigenvalue weighted by atomic mass is 15.1. The van der Waals surface area contributed by atoms with Crippen LogP contribution in [0, 0.1) is 11.8 Å². The summed E-state index contributed by atoms with van der Waals surface area (Å²) < 4.78 is 0. The number of hydrogen-bond donors (Lipinski definition) is 0. The third kappa shape index (κ3) is 2.07. The van der Waals surface area contributed by atoms with Crippen molar-refractivity contribution in [3.05, 3.63) is 72.1 Å². The fourth-order valence-electron chi connectivity index (χ4n) is 3.77. The average molecular weight is 289 g/mol. The molecule has 1 aromatic carbocycles. The second-order valence-electron chi connectivity index (χ2n) is 6.39. The van der Waals surface area contributed by atoms with Crippen molar-refractivity contribution in [2.75, 3.05) is 19.0 Å². The standard InChI is InChI=1S/C20H20N2/c1-22(2)18-7-5-14(6-8-18)19-16-3-4-17(13-16)20(19)15-9-11-21-12-10-15/h3-12,16-17H,13H2,1-2H3/p+1. The summed E-state index contributed by atoms with van der Waals surface area (Å²) in [6.07, 6.45) is 10.0. The second-order valence-corrected chi connectivity index (χ2v) is 6.39. The maximum atomic E-state index is 3.13. The van der Waals surface area contributed by atoms with Gasteiger partial charge in [0.05, 0.1) is 0 Å². The Kier molecular flexibility index (Phi) is 3.11. The number of H-pyrrole nitrogens is 1. The van der Waals surface area contributed by atoms with E-state index in [1.165, 1.54) is 34.4 Å². The van der Waals surface area contributed by atoms with Gasteiger partial charge in [0.1, 0.15) is 0 Å². The number of fused-ring (bicyclic) bond motifs is 2. The fraction of sp³-hybridized carbons (Fsp3) is 0.250. The first-order chi connectivity index (χ1) is 10.7. The number of benzene rings is 1. The molecular weight excluding hydrogens is 268 g/mol. The Labute approximate surface area is 131 Å². The van der Waals surface area contributed by atoms with Crippen LogP contribution in [-0.4, -0.2) is 14.1 Å². The Hall–Kier alpha value is -2.35. The van der Waals surface area contributed by atoms with Gasteiger partial charge in [0.15, 0.2) is 12.4 Å². The van der Waals surface area contributed by atoms with Gasteiger partial charge in [-0.05, 0) is 40.8 Å². The van der Waals surface area contributed by atoms with Gasteiger partial charge in [0, 0.05) is 43.8 Å². The largest absolute Gasteiger partial charge is 0.378 e. The first kappa shape index (κ1) is 13.3. The first-order valence-corrected chi connectivity index (χ1v) is 7.90. The van der Waals surface area contributed by atoms with E-state index in [1.807, 2.05) is 12.4 Å². The molecule has 1 aromatic heterocycles. The van der Waals surface area contributed by atoms with Crippen molar-refractivity contribution in [1.29, 1.82) is 0 Å². The minimum absolute atomic E-state index is 0.578. The van der Waals surface area contributed by atoms with Gasteiger partial charge in [-0.2, -0.15) is 0 Å². The van der Waals surface area contributed by atoms with Gasteiger partial charge < -0.3 is 4.90 Å². The van der Waals surface area contributed by atoms with E-state index in [4.69, 9.17) is 0 Å². The molecule has 0 radical (unpaired) electrons. The molecule has 22 heavy (non-hydrogen) atoms. The van der Waals surface area contributed by atoms with E-state index >= 15 is 0 Å². The Bertz CT molecular complexity index is 739. The van der Waals surface area contributed by atoms with Crippen LogP contribution in [0.4, 0.5) is 5.69 Å². The van der Waals surface area contributed by atoms with Crippen molar-refractivity contribution in [2.45, 2.75) is 6.42 Å². The molecule has 0 aliphatic heterocycles. The lowest BCUT2D eigenvalue weighted by Gasteiger charge is -2.18. The van der Waals surface area contributed by atoms with Crippen molar-refractivity contribution < 1.29 is 4.98 Å².